The van der Waals surface area contributed by atoms with Crippen LogP contribution in [0.3, 0.4) is 0 Å². The molecule has 2 saturated heterocycles. The van der Waals surface area contributed by atoms with Crippen LogP contribution in [0.25, 0.3) is 0 Å². The molecule has 2 fully saturated rings. The van der Waals surface area contributed by atoms with Crippen LogP contribution in [-0.2, 0) is 19.1 Å². The molecule has 2 rings (SSSR count). The van der Waals surface area contributed by atoms with Crippen molar-refractivity contribution in [1.82, 2.24) is 10.2 Å². The van der Waals surface area contributed by atoms with Crippen LogP contribution in [0.15, 0.2) is 0 Å². The first-order valence-corrected chi connectivity index (χ1v) is 9.01. The van der Waals surface area contributed by atoms with E-state index in [9.17, 15) is 19.5 Å². The van der Waals surface area contributed by atoms with Gasteiger partial charge in [0.05, 0.1) is 6.10 Å². The zero-order valence-electron chi connectivity index (χ0n) is 16.4. The maximum Gasteiger partial charge on any atom is 0.408 e. The summed E-state index contributed by atoms with van der Waals surface area (Å²) in [6.07, 6.45) is -0.399. The molecule has 8 nitrogen and oxygen atoms in total. The summed E-state index contributed by atoms with van der Waals surface area (Å²) in [5, 5.41) is 12.8. The molecule has 26 heavy (non-hydrogen) atoms. The van der Waals surface area contributed by atoms with Crippen LogP contribution in [0.1, 0.15) is 60.8 Å². The van der Waals surface area contributed by atoms with Gasteiger partial charge in [0.15, 0.2) is 0 Å². The summed E-state index contributed by atoms with van der Waals surface area (Å²) >= 11 is 0. The van der Waals surface area contributed by atoms with Gasteiger partial charge in [-0.25, -0.2) is 9.59 Å². The van der Waals surface area contributed by atoms with Crippen molar-refractivity contribution < 1.29 is 29.0 Å². The lowest BCUT2D eigenvalue weighted by Gasteiger charge is -2.40. The summed E-state index contributed by atoms with van der Waals surface area (Å²) in [6, 6.07) is -2.06. The molecule has 8 heteroatoms. The summed E-state index contributed by atoms with van der Waals surface area (Å²) in [6.45, 7) is 10.4. The molecule has 0 saturated carbocycles. The molecular weight excluding hydrogens is 340 g/mol. The van der Waals surface area contributed by atoms with Gasteiger partial charge in [0, 0.05) is 6.04 Å². The van der Waals surface area contributed by atoms with E-state index in [1.54, 1.807) is 41.5 Å². The number of hydrogen-bond donors (Lipinski definition) is 2. The Bertz CT molecular complexity index is 577. The Morgan fingerprint density at radius 3 is 2.19 bits per heavy atom. The first-order chi connectivity index (χ1) is 11.8. The highest BCUT2D eigenvalue weighted by Gasteiger charge is 2.51. The average Bonchev–Trinajstić information content (AvgIpc) is 2.83. The molecule has 0 aliphatic carbocycles. The van der Waals surface area contributed by atoms with E-state index in [-0.39, 0.29) is 6.04 Å². The third-order valence-corrected chi connectivity index (χ3v) is 4.27. The minimum atomic E-state index is -1.14. The molecule has 0 aromatic rings. The fourth-order valence-electron chi connectivity index (χ4n) is 3.38. The Kier molecular flexibility index (Phi) is 5.56. The van der Waals surface area contributed by atoms with E-state index in [1.165, 1.54) is 4.90 Å². The van der Waals surface area contributed by atoms with Gasteiger partial charge in [-0.05, 0) is 60.8 Å². The van der Waals surface area contributed by atoms with Gasteiger partial charge in [-0.1, -0.05) is 0 Å². The number of amides is 2. The largest absolute Gasteiger partial charge is 0.458 e. The highest BCUT2D eigenvalue weighted by molar-refractivity contribution is 5.91. The van der Waals surface area contributed by atoms with Gasteiger partial charge < -0.3 is 24.8 Å². The number of aliphatic hydroxyl groups excluding tert-OH is 1. The monoisotopic (exact) mass is 370 g/mol. The smallest absolute Gasteiger partial charge is 0.408 e. The second-order valence-corrected chi connectivity index (χ2v) is 8.95. The summed E-state index contributed by atoms with van der Waals surface area (Å²) in [5.74, 6) is -0.936. The quantitative estimate of drug-likeness (QED) is 0.711. The van der Waals surface area contributed by atoms with Crippen molar-refractivity contribution in [2.75, 3.05) is 0 Å². The SMILES string of the molecule is CC(C)(C)OC(=O)N[C@H]1C(=O)N2[C@H](CC[C@H]2C(=O)OC(C)(C)C)C[C@H]1O. The molecule has 0 spiro atoms. The van der Waals surface area contributed by atoms with Crippen molar-refractivity contribution in [2.45, 2.75) is 96.2 Å². The van der Waals surface area contributed by atoms with Gasteiger partial charge in [0.25, 0.3) is 0 Å². The second-order valence-electron chi connectivity index (χ2n) is 8.95. The Balaban J connectivity index is 2.11. The van der Waals surface area contributed by atoms with Crippen LogP contribution in [0, 0.1) is 0 Å². The normalized spacial score (nSPS) is 29.2. The van der Waals surface area contributed by atoms with Crippen molar-refractivity contribution >= 4 is 18.0 Å². The average molecular weight is 370 g/mol. The van der Waals surface area contributed by atoms with E-state index in [1.807, 2.05) is 0 Å². The van der Waals surface area contributed by atoms with Crippen LogP contribution in [0.5, 0.6) is 0 Å². The summed E-state index contributed by atoms with van der Waals surface area (Å²) in [7, 11) is 0. The number of rotatable bonds is 2. The first-order valence-electron chi connectivity index (χ1n) is 9.01. The van der Waals surface area contributed by atoms with E-state index >= 15 is 0 Å². The van der Waals surface area contributed by atoms with Crippen molar-refractivity contribution in [3.63, 3.8) is 0 Å². The van der Waals surface area contributed by atoms with Gasteiger partial charge in [-0.3, -0.25) is 4.79 Å². The molecule has 148 valence electrons. The Labute approximate surface area is 154 Å². The minimum Gasteiger partial charge on any atom is -0.458 e. The number of hydrogen-bond acceptors (Lipinski definition) is 6. The van der Waals surface area contributed by atoms with E-state index in [0.717, 1.165) is 0 Å². The van der Waals surface area contributed by atoms with Crippen LogP contribution >= 0.6 is 0 Å². The van der Waals surface area contributed by atoms with Crippen molar-refractivity contribution in [3.8, 4) is 0 Å². The Morgan fingerprint density at radius 2 is 1.65 bits per heavy atom. The number of piperidine rings is 1. The third kappa shape index (κ3) is 4.87. The van der Waals surface area contributed by atoms with Crippen LogP contribution in [0.4, 0.5) is 4.79 Å². The van der Waals surface area contributed by atoms with E-state index in [0.29, 0.717) is 19.3 Å². The van der Waals surface area contributed by atoms with Gasteiger partial charge >= 0.3 is 12.1 Å². The van der Waals surface area contributed by atoms with Gasteiger partial charge in [-0.2, -0.15) is 0 Å². The Morgan fingerprint density at radius 1 is 1.08 bits per heavy atom. The molecule has 0 bridgehead atoms. The fourth-order valence-corrected chi connectivity index (χ4v) is 3.38. The number of carbonyl (C=O) groups is 3. The number of nitrogens with zero attached hydrogens (tertiary/aromatic N) is 1. The van der Waals surface area contributed by atoms with Crippen molar-refractivity contribution in [2.24, 2.45) is 0 Å². The molecule has 4 atom stereocenters. The first kappa shape index (κ1) is 20.5. The summed E-state index contributed by atoms with van der Waals surface area (Å²) in [5.41, 5.74) is -1.37. The maximum atomic E-state index is 12.9. The second kappa shape index (κ2) is 7.06. The van der Waals surface area contributed by atoms with Crippen LogP contribution in [0.2, 0.25) is 0 Å². The van der Waals surface area contributed by atoms with Crippen molar-refractivity contribution in [1.29, 1.82) is 0 Å². The van der Waals surface area contributed by atoms with E-state index in [4.69, 9.17) is 9.47 Å². The highest BCUT2D eigenvalue weighted by atomic mass is 16.6. The van der Waals surface area contributed by atoms with Gasteiger partial charge in [-0.15, -0.1) is 0 Å². The topological polar surface area (TPSA) is 105 Å². The lowest BCUT2D eigenvalue weighted by Crippen LogP contribution is -2.63. The van der Waals surface area contributed by atoms with Gasteiger partial charge in [0.2, 0.25) is 5.91 Å². The molecule has 2 N–H and O–H groups in total. The highest BCUT2D eigenvalue weighted by Crippen LogP contribution is 2.34. The molecule has 2 amide bonds. The van der Waals surface area contributed by atoms with E-state index in [2.05, 4.69) is 5.32 Å². The zero-order chi connectivity index (χ0) is 19.9. The third-order valence-electron chi connectivity index (χ3n) is 4.27. The molecule has 0 unspecified atom stereocenters. The molecule has 0 radical (unpaired) electrons. The number of nitrogens with one attached hydrogen (secondary N) is 1. The molecule has 2 heterocycles. The molecule has 2 aliphatic rings. The number of alkyl carbamates (subject to hydrolysis) is 1. The number of aliphatic hydroxyl groups is 1. The van der Waals surface area contributed by atoms with Crippen LogP contribution in [-0.4, -0.2) is 63.4 Å². The standard InChI is InChI=1S/C18H30N2O6/c1-17(2,3)25-15(23)11-8-7-10-9-12(21)13(14(22)20(10)11)19-16(24)26-18(4,5)6/h10-13,21H,7-9H2,1-6H3,(H,19,24)/t10-,11+,12-,13-/m1/s1. The number of ether oxygens (including phenoxy) is 2. The fraction of sp³-hybridized carbons (Fsp3) is 0.833. The van der Waals surface area contributed by atoms with Gasteiger partial charge in [0.1, 0.15) is 23.3 Å². The minimum absolute atomic E-state index is 0.230. The molecule has 0 aromatic carbocycles. The predicted molar refractivity (Wildman–Crippen MR) is 93.3 cm³/mol. The van der Waals surface area contributed by atoms with Crippen molar-refractivity contribution in [3.05, 3.63) is 0 Å². The number of carbonyl (C=O) groups excluding carboxylic acids is 3. The molecule has 2 aliphatic heterocycles. The lowest BCUT2D eigenvalue weighted by molar-refractivity contribution is -0.167. The van der Waals surface area contributed by atoms with Crippen LogP contribution < -0.4 is 5.32 Å². The number of fused-ring (bicyclic) bond motifs is 1. The molecule has 0 aromatic heterocycles. The summed E-state index contributed by atoms with van der Waals surface area (Å²) < 4.78 is 10.6. The zero-order valence-corrected chi connectivity index (χ0v) is 16.4. The summed E-state index contributed by atoms with van der Waals surface area (Å²) in [4.78, 5) is 38.8. The number of esters is 1. The molecular formula is C18H30N2O6. The Hall–Kier alpha value is -1.83. The lowest BCUT2D eigenvalue weighted by atomic mass is 9.95. The predicted octanol–water partition coefficient (Wildman–Crippen LogP) is 1.35. The maximum absolute atomic E-state index is 12.9. The van der Waals surface area contributed by atoms with E-state index < -0.39 is 47.4 Å².